The van der Waals surface area contributed by atoms with Crippen molar-refractivity contribution in [1.82, 2.24) is 10.6 Å². The Balaban J connectivity index is 1.89. The molecule has 0 saturated carbocycles. The maximum atomic E-state index is 11.6. The maximum absolute atomic E-state index is 11.6. The largest absolute Gasteiger partial charge is 0.478 e. The number of aromatic carboxylic acids is 1. The normalized spacial score (nSPS) is 15.6. The second-order valence-electron chi connectivity index (χ2n) is 4.67. The van der Waals surface area contributed by atoms with E-state index in [4.69, 9.17) is 33.3 Å². The second-order valence-corrected chi connectivity index (χ2v) is 5.48. The zero-order valence-electron chi connectivity index (χ0n) is 11.4. The highest BCUT2D eigenvalue weighted by Crippen LogP contribution is 2.28. The van der Waals surface area contributed by atoms with Gasteiger partial charge in [0.05, 0.1) is 10.6 Å². The predicted octanol–water partition coefficient (Wildman–Crippen LogP) is 2.64. The van der Waals surface area contributed by atoms with Crippen LogP contribution in [0.3, 0.4) is 0 Å². The monoisotopic (exact) mass is 348 g/mol. The summed E-state index contributed by atoms with van der Waals surface area (Å²) in [6.07, 6.45) is 1.52. The van der Waals surface area contributed by atoms with Crippen molar-refractivity contribution in [3.8, 4) is 11.3 Å². The molecule has 0 bridgehead atoms. The van der Waals surface area contributed by atoms with Gasteiger partial charge in [-0.1, -0.05) is 17.7 Å². The molecule has 0 atom stereocenters. The fourth-order valence-electron chi connectivity index (χ4n) is 2.05. The summed E-state index contributed by atoms with van der Waals surface area (Å²) in [4.78, 5) is 22.5. The lowest BCUT2D eigenvalue weighted by Crippen LogP contribution is -2.21. The van der Waals surface area contributed by atoms with Gasteiger partial charge >= 0.3 is 5.97 Å². The van der Waals surface area contributed by atoms with Gasteiger partial charge in [-0.3, -0.25) is 10.1 Å². The van der Waals surface area contributed by atoms with Gasteiger partial charge in [0.2, 0.25) is 0 Å². The first-order valence-corrected chi connectivity index (χ1v) is 7.20. The molecule has 1 amide bonds. The number of carboxylic acid groups (broad SMARTS) is 1. The fraction of sp³-hybridized carbons (Fsp3) is 0. The average Bonchev–Trinajstić information content (AvgIpc) is 3.06. The highest BCUT2D eigenvalue weighted by atomic mass is 35.5. The van der Waals surface area contributed by atoms with Crippen molar-refractivity contribution in [2.24, 2.45) is 0 Å². The minimum absolute atomic E-state index is 0.0182. The molecule has 1 aliphatic rings. The molecule has 1 aromatic carbocycles. The van der Waals surface area contributed by atoms with Gasteiger partial charge in [-0.05, 0) is 36.5 Å². The molecule has 1 aromatic heterocycles. The van der Waals surface area contributed by atoms with Crippen molar-refractivity contribution in [2.75, 3.05) is 0 Å². The smallest absolute Gasteiger partial charge is 0.337 e. The van der Waals surface area contributed by atoms with E-state index in [-0.39, 0.29) is 27.3 Å². The molecule has 116 valence electrons. The van der Waals surface area contributed by atoms with Crippen LogP contribution in [0.1, 0.15) is 16.1 Å². The molecule has 1 saturated heterocycles. The lowest BCUT2D eigenvalue weighted by atomic mass is 10.1. The molecule has 1 aliphatic heterocycles. The minimum atomic E-state index is -1.10. The van der Waals surface area contributed by atoms with Crippen molar-refractivity contribution in [3.63, 3.8) is 0 Å². The summed E-state index contributed by atoms with van der Waals surface area (Å²) >= 11 is 10.8. The summed E-state index contributed by atoms with van der Waals surface area (Å²) in [5, 5.41) is 14.5. The van der Waals surface area contributed by atoms with Gasteiger partial charge in [0.15, 0.2) is 5.11 Å². The summed E-state index contributed by atoms with van der Waals surface area (Å²) in [7, 11) is 0. The fourth-order valence-corrected chi connectivity index (χ4v) is 2.52. The van der Waals surface area contributed by atoms with Crippen LogP contribution in [-0.2, 0) is 4.79 Å². The van der Waals surface area contributed by atoms with E-state index < -0.39 is 5.97 Å². The van der Waals surface area contributed by atoms with Gasteiger partial charge in [0.1, 0.15) is 17.2 Å². The topological polar surface area (TPSA) is 91.6 Å². The Morgan fingerprint density at radius 1 is 1.26 bits per heavy atom. The number of benzene rings is 1. The number of hydrogen-bond acceptors (Lipinski definition) is 4. The number of thiocarbonyl (C=S) groups is 1. The summed E-state index contributed by atoms with van der Waals surface area (Å²) in [5.74, 6) is -0.486. The van der Waals surface area contributed by atoms with E-state index in [1.165, 1.54) is 18.2 Å². The summed E-state index contributed by atoms with van der Waals surface area (Å²) in [6, 6.07) is 7.89. The van der Waals surface area contributed by atoms with E-state index in [0.717, 1.165) is 0 Å². The molecule has 2 aromatic rings. The van der Waals surface area contributed by atoms with E-state index >= 15 is 0 Å². The van der Waals surface area contributed by atoms with E-state index in [1.54, 1.807) is 18.2 Å². The lowest BCUT2D eigenvalue weighted by molar-refractivity contribution is -0.115. The number of carbonyl (C=O) groups is 2. The molecule has 0 aliphatic carbocycles. The summed E-state index contributed by atoms with van der Waals surface area (Å²) < 4.78 is 5.62. The second kappa shape index (κ2) is 5.86. The van der Waals surface area contributed by atoms with Crippen molar-refractivity contribution in [3.05, 3.63) is 52.4 Å². The molecule has 3 rings (SSSR count). The van der Waals surface area contributed by atoms with Crippen LogP contribution in [0.15, 0.2) is 40.4 Å². The molecule has 0 unspecified atom stereocenters. The van der Waals surface area contributed by atoms with Crippen LogP contribution in [-0.4, -0.2) is 22.1 Å². The van der Waals surface area contributed by atoms with Gasteiger partial charge in [-0.15, -0.1) is 0 Å². The van der Waals surface area contributed by atoms with Crippen molar-refractivity contribution in [2.45, 2.75) is 0 Å². The first kappa shape index (κ1) is 15.3. The summed E-state index contributed by atoms with van der Waals surface area (Å²) in [6.45, 7) is 0. The van der Waals surface area contributed by atoms with E-state index in [9.17, 15) is 9.59 Å². The van der Waals surface area contributed by atoms with Crippen LogP contribution < -0.4 is 10.6 Å². The molecule has 2 heterocycles. The molecule has 6 nitrogen and oxygen atoms in total. The third-order valence-electron chi connectivity index (χ3n) is 3.12. The summed E-state index contributed by atoms with van der Waals surface area (Å²) in [5.41, 5.74) is 0.934. The van der Waals surface area contributed by atoms with E-state index in [2.05, 4.69) is 10.6 Å². The van der Waals surface area contributed by atoms with Crippen molar-refractivity contribution >= 4 is 46.9 Å². The SMILES string of the molecule is O=C1NC(=S)N/C1=C\c1ccc(-c2ccc(C(=O)O)c(Cl)c2)o1. The van der Waals surface area contributed by atoms with Gasteiger partial charge < -0.3 is 14.8 Å². The Labute approximate surface area is 140 Å². The molecule has 23 heavy (non-hydrogen) atoms. The Kier molecular flexibility index (Phi) is 3.89. The molecule has 0 spiro atoms. The third kappa shape index (κ3) is 3.10. The Morgan fingerprint density at radius 3 is 2.65 bits per heavy atom. The van der Waals surface area contributed by atoms with E-state index in [1.807, 2.05) is 0 Å². The number of rotatable bonds is 3. The molecule has 8 heteroatoms. The highest BCUT2D eigenvalue weighted by molar-refractivity contribution is 7.80. The van der Waals surface area contributed by atoms with Gasteiger partial charge in [0.25, 0.3) is 5.91 Å². The predicted molar refractivity (Wildman–Crippen MR) is 88.0 cm³/mol. The molecular weight excluding hydrogens is 340 g/mol. The lowest BCUT2D eigenvalue weighted by Gasteiger charge is -2.01. The minimum Gasteiger partial charge on any atom is -0.478 e. The molecule has 0 radical (unpaired) electrons. The number of carbonyl (C=O) groups excluding carboxylic acids is 1. The number of furan rings is 1. The van der Waals surface area contributed by atoms with Crippen LogP contribution in [0.5, 0.6) is 0 Å². The number of carboxylic acids is 1. The van der Waals surface area contributed by atoms with Gasteiger partial charge in [-0.25, -0.2) is 4.79 Å². The quantitative estimate of drug-likeness (QED) is 0.583. The molecule has 1 fully saturated rings. The third-order valence-corrected chi connectivity index (χ3v) is 3.63. The average molecular weight is 349 g/mol. The van der Waals surface area contributed by atoms with Crippen LogP contribution in [0.2, 0.25) is 5.02 Å². The van der Waals surface area contributed by atoms with Crippen LogP contribution in [0.25, 0.3) is 17.4 Å². The zero-order valence-corrected chi connectivity index (χ0v) is 13.0. The first-order valence-electron chi connectivity index (χ1n) is 6.41. The standard InChI is InChI=1S/C15H9ClN2O4S/c16-10-5-7(1-3-9(10)14(20)21)12-4-2-8(22-12)6-11-13(19)18-15(23)17-11/h1-6H,(H,20,21)(H2,17,18,19,23)/b11-6-. The number of nitrogens with one attached hydrogen (secondary N) is 2. The number of halogens is 1. The maximum Gasteiger partial charge on any atom is 0.337 e. The number of hydrogen-bond donors (Lipinski definition) is 3. The Morgan fingerprint density at radius 2 is 2.04 bits per heavy atom. The highest BCUT2D eigenvalue weighted by Gasteiger charge is 2.20. The zero-order chi connectivity index (χ0) is 16.6. The van der Waals surface area contributed by atoms with Gasteiger partial charge in [0, 0.05) is 11.6 Å². The van der Waals surface area contributed by atoms with Crippen LogP contribution in [0, 0.1) is 0 Å². The Bertz CT molecular complexity index is 872. The van der Waals surface area contributed by atoms with Crippen molar-refractivity contribution < 1.29 is 19.1 Å². The van der Waals surface area contributed by atoms with Crippen LogP contribution >= 0.6 is 23.8 Å². The molecule has 3 N–H and O–H groups in total. The van der Waals surface area contributed by atoms with Gasteiger partial charge in [-0.2, -0.15) is 0 Å². The number of amides is 1. The van der Waals surface area contributed by atoms with Crippen molar-refractivity contribution in [1.29, 1.82) is 0 Å². The Hall–Kier alpha value is -2.64. The molecular formula is C15H9ClN2O4S. The first-order chi connectivity index (χ1) is 10.9. The van der Waals surface area contributed by atoms with E-state index in [0.29, 0.717) is 17.1 Å². The van der Waals surface area contributed by atoms with Crippen LogP contribution in [0.4, 0.5) is 0 Å².